The second kappa shape index (κ2) is 8.98. The summed E-state index contributed by atoms with van der Waals surface area (Å²) in [7, 11) is 0. The van der Waals surface area contributed by atoms with Crippen LogP contribution in [0.5, 0.6) is 0 Å². The third-order valence-electron chi connectivity index (χ3n) is 4.35. The second-order valence-electron chi connectivity index (χ2n) is 6.75. The highest BCUT2D eigenvalue weighted by Crippen LogP contribution is 2.15. The Kier molecular flexibility index (Phi) is 8.03. The maximum Gasteiger partial charge on any atom is 0.0610 e. The number of aliphatic hydroxyl groups is 1. The zero-order valence-corrected chi connectivity index (χ0v) is 14.0. The first kappa shape index (κ1) is 17.9. The molecule has 2 N–H and O–H groups in total. The molecule has 20 heavy (non-hydrogen) atoms. The van der Waals surface area contributed by atoms with Gasteiger partial charge in [0.2, 0.25) is 0 Å². The number of hydrogen-bond donors (Lipinski definition) is 2. The Balaban J connectivity index is 2.15. The summed E-state index contributed by atoms with van der Waals surface area (Å²) in [6, 6.07) is 0.425. The maximum absolute atomic E-state index is 9.56. The van der Waals surface area contributed by atoms with Gasteiger partial charge in [0.25, 0.3) is 0 Å². The van der Waals surface area contributed by atoms with Gasteiger partial charge in [-0.05, 0) is 32.9 Å². The quantitative estimate of drug-likeness (QED) is 0.630. The summed E-state index contributed by atoms with van der Waals surface area (Å²) in [4.78, 5) is 5.10. The van der Waals surface area contributed by atoms with Crippen molar-refractivity contribution in [2.24, 2.45) is 0 Å². The fraction of sp³-hybridized carbons (Fsp3) is 1.00. The van der Waals surface area contributed by atoms with E-state index in [4.69, 9.17) is 0 Å². The van der Waals surface area contributed by atoms with E-state index in [-0.39, 0.29) is 12.1 Å². The molecule has 0 aromatic carbocycles. The number of nitrogens with zero attached hydrogens (tertiary/aromatic N) is 2. The Labute approximate surface area is 125 Å². The molecule has 0 aromatic rings. The van der Waals surface area contributed by atoms with Crippen molar-refractivity contribution in [1.29, 1.82) is 0 Å². The molecule has 0 amide bonds. The van der Waals surface area contributed by atoms with Crippen molar-refractivity contribution in [2.45, 2.75) is 58.5 Å². The Morgan fingerprint density at radius 2 is 1.70 bits per heavy atom. The smallest absolute Gasteiger partial charge is 0.0610 e. The fourth-order valence-electron chi connectivity index (χ4n) is 3.07. The molecular formula is C16H35N3O. The SMILES string of the molecule is CCN1CCN(CCCCC(C)(CO)NC(C)C)CC1. The van der Waals surface area contributed by atoms with Crippen LogP contribution in [0.25, 0.3) is 0 Å². The van der Waals surface area contributed by atoms with Gasteiger partial charge in [-0.1, -0.05) is 27.2 Å². The topological polar surface area (TPSA) is 38.7 Å². The van der Waals surface area contributed by atoms with Gasteiger partial charge in [0.1, 0.15) is 0 Å². The molecule has 1 aliphatic rings. The van der Waals surface area contributed by atoms with E-state index in [0.29, 0.717) is 6.04 Å². The highest BCUT2D eigenvalue weighted by Gasteiger charge is 2.23. The van der Waals surface area contributed by atoms with E-state index < -0.39 is 0 Å². The van der Waals surface area contributed by atoms with Crippen molar-refractivity contribution in [3.05, 3.63) is 0 Å². The van der Waals surface area contributed by atoms with E-state index in [1.165, 1.54) is 52.1 Å². The van der Waals surface area contributed by atoms with Gasteiger partial charge < -0.3 is 20.2 Å². The van der Waals surface area contributed by atoms with Gasteiger partial charge >= 0.3 is 0 Å². The second-order valence-corrected chi connectivity index (χ2v) is 6.75. The van der Waals surface area contributed by atoms with Gasteiger partial charge in [-0.15, -0.1) is 0 Å². The van der Waals surface area contributed by atoms with E-state index in [1.54, 1.807) is 0 Å². The van der Waals surface area contributed by atoms with Crippen molar-refractivity contribution < 1.29 is 5.11 Å². The molecular weight excluding hydrogens is 250 g/mol. The number of piperazine rings is 1. The molecule has 0 aromatic heterocycles. The molecule has 4 heteroatoms. The van der Waals surface area contributed by atoms with Crippen LogP contribution in [0.1, 0.15) is 47.0 Å². The monoisotopic (exact) mass is 285 g/mol. The summed E-state index contributed by atoms with van der Waals surface area (Å²) >= 11 is 0. The fourth-order valence-corrected chi connectivity index (χ4v) is 3.07. The van der Waals surface area contributed by atoms with E-state index in [0.717, 1.165) is 6.42 Å². The van der Waals surface area contributed by atoms with Crippen LogP contribution in [0.15, 0.2) is 0 Å². The number of hydrogen-bond acceptors (Lipinski definition) is 4. The number of nitrogens with one attached hydrogen (secondary N) is 1. The summed E-state index contributed by atoms with van der Waals surface area (Å²) in [5, 5.41) is 13.0. The third kappa shape index (κ3) is 6.53. The zero-order chi connectivity index (χ0) is 15.0. The van der Waals surface area contributed by atoms with Crippen LogP contribution in [-0.4, -0.2) is 72.4 Å². The van der Waals surface area contributed by atoms with Crippen LogP contribution in [0.3, 0.4) is 0 Å². The van der Waals surface area contributed by atoms with Crippen LogP contribution < -0.4 is 5.32 Å². The molecule has 1 heterocycles. The molecule has 0 radical (unpaired) electrons. The Hall–Kier alpha value is -0.160. The minimum Gasteiger partial charge on any atom is -0.394 e. The van der Waals surface area contributed by atoms with Crippen LogP contribution in [-0.2, 0) is 0 Å². The van der Waals surface area contributed by atoms with Gasteiger partial charge in [0.15, 0.2) is 0 Å². The highest BCUT2D eigenvalue weighted by molar-refractivity contribution is 4.84. The number of rotatable bonds is 9. The lowest BCUT2D eigenvalue weighted by atomic mass is 9.94. The number of unbranched alkanes of at least 4 members (excludes halogenated alkanes) is 1. The van der Waals surface area contributed by atoms with Gasteiger partial charge in [0.05, 0.1) is 6.61 Å². The Morgan fingerprint density at radius 1 is 1.10 bits per heavy atom. The van der Waals surface area contributed by atoms with E-state index in [2.05, 4.69) is 42.8 Å². The minimum atomic E-state index is -0.116. The zero-order valence-electron chi connectivity index (χ0n) is 14.0. The molecule has 120 valence electrons. The predicted molar refractivity (Wildman–Crippen MR) is 86.2 cm³/mol. The average molecular weight is 285 g/mol. The Morgan fingerprint density at radius 3 is 2.20 bits per heavy atom. The van der Waals surface area contributed by atoms with Gasteiger partial charge in [0, 0.05) is 37.8 Å². The minimum absolute atomic E-state index is 0.116. The van der Waals surface area contributed by atoms with Crippen LogP contribution in [0, 0.1) is 0 Å². The van der Waals surface area contributed by atoms with Crippen molar-refractivity contribution in [2.75, 3.05) is 45.9 Å². The van der Waals surface area contributed by atoms with Crippen LogP contribution in [0.4, 0.5) is 0 Å². The summed E-state index contributed by atoms with van der Waals surface area (Å²) in [6.45, 7) is 16.2. The lowest BCUT2D eigenvalue weighted by Gasteiger charge is -2.34. The summed E-state index contributed by atoms with van der Waals surface area (Å²) in [6.07, 6.45) is 3.48. The van der Waals surface area contributed by atoms with Crippen LogP contribution in [0.2, 0.25) is 0 Å². The molecule has 0 aliphatic carbocycles. The molecule has 0 bridgehead atoms. The first-order valence-electron chi connectivity index (χ1n) is 8.32. The normalized spacial score (nSPS) is 21.3. The van der Waals surface area contributed by atoms with Crippen LogP contribution >= 0.6 is 0 Å². The molecule has 1 fully saturated rings. The Bertz CT molecular complexity index is 252. The summed E-state index contributed by atoms with van der Waals surface area (Å²) < 4.78 is 0. The third-order valence-corrected chi connectivity index (χ3v) is 4.35. The molecule has 1 saturated heterocycles. The molecule has 4 nitrogen and oxygen atoms in total. The van der Waals surface area contributed by atoms with E-state index in [9.17, 15) is 5.11 Å². The predicted octanol–water partition coefficient (Wildman–Crippen LogP) is 1.54. The van der Waals surface area contributed by atoms with Crippen molar-refractivity contribution in [3.63, 3.8) is 0 Å². The molecule has 0 spiro atoms. The lowest BCUT2D eigenvalue weighted by Crippen LogP contribution is -2.49. The van der Waals surface area contributed by atoms with Gasteiger partial charge in [-0.2, -0.15) is 0 Å². The van der Waals surface area contributed by atoms with Gasteiger partial charge in [-0.25, -0.2) is 0 Å². The maximum atomic E-state index is 9.56. The molecule has 1 unspecified atom stereocenters. The average Bonchev–Trinajstić information content (AvgIpc) is 2.43. The van der Waals surface area contributed by atoms with Crippen molar-refractivity contribution in [3.8, 4) is 0 Å². The van der Waals surface area contributed by atoms with Gasteiger partial charge in [-0.3, -0.25) is 0 Å². The highest BCUT2D eigenvalue weighted by atomic mass is 16.3. The molecule has 1 atom stereocenters. The molecule has 1 aliphatic heterocycles. The summed E-state index contributed by atoms with van der Waals surface area (Å²) in [5.41, 5.74) is -0.116. The number of likely N-dealkylation sites (N-methyl/N-ethyl adjacent to an activating group) is 1. The van der Waals surface area contributed by atoms with E-state index >= 15 is 0 Å². The largest absolute Gasteiger partial charge is 0.394 e. The molecule has 1 rings (SSSR count). The number of aliphatic hydroxyl groups excluding tert-OH is 1. The van der Waals surface area contributed by atoms with Crippen molar-refractivity contribution >= 4 is 0 Å². The first-order valence-corrected chi connectivity index (χ1v) is 8.32. The first-order chi connectivity index (χ1) is 9.49. The van der Waals surface area contributed by atoms with E-state index in [1.807, 2.05) is 0 Å². The van der Waals surface area contributed by atoms with Crippen molar-refractivity contribution in [1.82, 2.24) is 15.1 Å². The standard InChI is InChI=1S/C16H35N3O/c1-5-18-10-12-19(13-11-18)9-7-6-8-16(4,14-20)17-15(2)3/h15,17,20H,5-14H2,1-4H3. The lowest BCUT2D eigenvalue weighted by molar-refractivity contribution is 0.129. The summed E-state index contributed by atoms with van der Waals surface area (Å²) in [5.74, 6) is 0. The molecule has 0 saturated carbocycles.